The number of nitrogens with zero attached hydrogens (tertiary/aromatic N) is 1. The van der Waals surface area contributed by atoms with Gasteiger partial charge >= 0.3 is 0 Å². The molecule has 2 aromatic rings. The molecule has 0 spiro atoms. The summed E-state index contributed by atoms with van der Waals surface area (Å²) in [5.41, 5.74) is 6.57. The Balaban J connectivity index is 2.54. The Kier molecular flexibility index (Phi) is 2.99. The van der Waals surface area contributed by atoms with Crippen molar-refractivity contribution < 1.29 is 4.39 Å². The Morgan fingerprint density at radius 2 is 1.62 bits per heavy atom. The summed E-state index contributed by atoms with van der Waals surface area (Å²) in [6.07, 6.45) is 1.47. The van der Waals surface area contributed by atoms with Crippen LogP contribution in [0, 0.1) is 5.82 Å². The number of anilines is 1. The number of nitrogens with two attached hydrogens (primary N) is 1. The van der Waals surface area contributed by atoms with Crippen molar-refractivity contribution in [3.8, 4) is 11.1 Å². The number of aromatic nitrogens is 1. The van der Waals surface area contributed by atoms with Crippen molar-refractivity contribution in [2.24, 2.45) is 0 Å². The molecule has 0 aliphatic rings. The van der Waals surface area contributed by atoms with Gasteiger partial charge < -0.3 is 5.73 Å². The Morgan fingerprint density at radius 1 is 1.00 bits per heavy atom. The Labute approximate surface area is 102 Å². The third kappa shape index (κ3) is 2.26. The van der Waals surface area contributed by atoms with E-state index >= 15 is 0 Å². The minimum absolute atomic E-state index is 0.128. The molecule has 0 aliphatic carbocycles. The Bertz CT molecular complexity index is 523. The second-order valence-corrected chi connectivity index (χ2v) is 4.12. The molecule has 0 radical (unpaired) electrons. The lowest BCUT2D eigenvalue weighted by atomic mass is 10.1. The fourth-order valence-corrected chi connectivity index (χ4v) is 1.85. The normalized spacial score (nSPS) is 10.4. The van der Waals surface area contributed by atoms with Crippen LogP contribution in [0.4, 0.5) is 10.2 Å². The molecular formula is C11H7Cl2FN2. The van der Waals surface area contributed by atoms with Crippen LogP contribution in [0.3, 0.4) is 0 Å². The van der Waals surface area contributed by atoms with Crippen LogP contribution in [0.5, 0.6) is 0 Å². The first kappa shape index (κ1) is 11.2. The van der Waals surface area contributed by atoms with Gasteiger partial charge in [0.1, 0.15) is 0 Å². The van der Waals surface area contributed by atoms with E-state index in [1.54, 1.807) is 18.2 Å². The number of benzene rings is 1. The molecule has 2 N–H and O–H groups in total. The van der Waals surface area contributed by atoms with E-state index < -0.39 is 5.82 Å². The van der Waals surface area contributed by atoms with Gasteiger partial charge in [0.2, 0.25) is 0 Å². The van der Waals surface area contributed by atoms with Gasteiger partial charge in [-0.2, -0.15) is 0 Å². The molecule has 1 aromatic heterocycles. The number of hydrogen-bond donors (Lipinski definition) is 1. The van der Waals surface area contributed by atoms with Crippen molar-refractivity contribution in [3.63, 3.8) is 0 Å². The van der Waals surface area contributed by atoms with E-state index in [0.717, 1.165) is 0 Å². The average Bonchev–Trinajstić information content (AvgIpc) is 2.20. The lowest BCUT2D eigenvalue weighted by Gasteiger charge is -2.04. The summed E-state index contributed by atoms with van der Waals surface area (Å²) in [6.45, 7) is 0. The van der Waals surface area contributed by atoms with Crippen LogP contribution in [0.25, 0.3) is 11.1 Å². The second kappa shape index (κ2) is 4.28. The highest BCUT2D eigenvalue weighted by atomic mass is 35.5. The topological polar surface area (TPSA) is 38.9 Å². The zero-order valence-electron chi connectivity index (χ0n) is 8.05. The Morgan fingerprint density at radius 3 is 2.19 bits per heavy atom. The van der Waals surface area contributed by atoms with Crippen LogP contribution in [-0.4, -0.2) is 4.98 Å². The second-order valence-electron chi connectivity index (χ2n) is 3.25. The molecule has 0 saturated heterocycles. The van der Waals surface area contributed by atoms with E-state index in [4.69, 9.17) is 28.9 Å². The maximum absolute atomic E-state index is 13.2. The van der Waals surface area contributed by atoms with Crippen LogP contribution < -0.4 is 5.73 Å². The van der Waals surface area contributed by atoms with E-state index in [2.05, 4.69) is 4.98 Å². The highest BCUT2D eigenvalue weighted by Crippen LogP contribution is 2.27. The minimum Gasteiger partial charge on any atom is -0.381 e. The van der Waals surface area contributed by atoms with E-state index in [0.29, 0.717) is 21.2 Å². The average molecular weight is 257 g/mol. The van der Waals surface area contributed by atoms with E-state index in [-0.39, 0.29) is 5.82 Å². The molecule has 0 bridgehead atoms. The van der Waals surface area contributed by atoms with Gasteiger partial charge in [-0.1, -0.05) is 23.2 Å². The van der Waals surface area contributed by atoms with E-state index in [1.165, 1.54) is 12.3 Å². The lowest BCUT2D eigenvalue weighted by molar-refractivity contribution is 0.628. The molecule has 0 fully saturated rings. The van der Waals surface area contributed by atoms with Crippen LogP contribution in [0.15, 0.2) is 30.5 Å². The molecule has 16 heavy (non-hydrogen) atoms. The van der Waals surface area contributed by atoms with Crippen molar-refractivity contribution in [1.82, 2.24) is 4.98 Å². The highest BCUT2D eigenvalue weighted by molar-refractivity contribution is 6.35. The highest BCUT2D eigenvalue weighted by Gasteiger charge is 2.05. The molecule has 5 heteroatoms. The number of halogens is 3. The molecule has 0 saturated carbocycles. The molecule has 0 atom stereocenters. The minimum atomic E-state index is -0.561. The standard InChI is InChI=1S/C11H7Cl2FN2/c12-8-1-6(2-9(13)4-8)7-3-10(14)11(15)16-5-7/h1-5H,(H2,15,16). The molecule has 0 aliphatic heterocycles. The van der Waals surface area contributed by atoms with Gasteiger partial charge in [0.15, 0.2) is 11.6 Å². The number of hydrogen-bond acceptors (Lipinski definition) is 2. The summed E-state index contributed by atoms with van der Waals surface area (Å²) in [6, 6.07) is 6.26. The van der Waals surface area contributed by atoms with Crippen molar-refractivity contribution in [2.75, 3.05) is 5.73 Å². The quantitative estimate of drug-likeness (QED) is 0.844. The third-order valence-corrected chi connectivity index (χ3v) is 2.50. The predicted octanol–water partition coefficient (Wildman–Crippen LogP) is 3.78. The maximum Gasteiger partial charge on any atom is 0.165 e. The fraction of sp³-hybridized carbons (Fsp3) is 0. The van der Waals surface area contributed by atoms with E-state index in [9.17, 15) is 4.39 Å². The molecule has 0 unspecified atom stereocenters. The third-order valence-electron chi connectivity index (χ3n) is 2.07. The van der Waals surface area contributed by atoms with Gasteiger partial charge in [0, 0.05) is 21.8 Å². The van der Waals surface area contributed by atoms with Crippen molar-refractivity contribution in [2.45, 2.75) is 0 Å². The van der Waals surface area contributed by atoms with Crippen molar-refractivity contribution in [3.05, 3.63) is 46.3 Å². The first-order valence-electron chi connectivity index (χ1n) is 4.44. The molecule has 0 amide bonds. The van der Waals surface area contributed by atoms with E-state index in [1.807, 2.05) is 0 Å². The zero-order valence-corrected chi connectivity index (χ0v) is 9.56. The van der Waals surface area contributed by atoms with Gasteiger partial charge in [-0.3, -0.25) is 0 Å². The number of rotatable bonds is 1. The molecule has 1 aromatic carbocycles. The molecule has 2 rings (SSSR count). The summed E-state index contributed by atoms with van der Waals surface area (Å²) in [7, 11) is 0. The van der Waals surface area contributed by atoms with Crippen molar-refractivity contribution >= 4 is 29.0 Å². The first-order chi connectivity index (χ1) is 7.56. The summed E-state index contributed by atoms with van der Waals surface area (Å²) in [4.78, 5) is 3.73. The first-order valence-corrected chi connectivity index (χ1v) is 5.19. The van der Waals surface area contributed by atoms with Gasteiger partial charge in [0.25, 0.3) is 0 Å². The molecular weight excluding hydrogens is 250 g/mol. The fourth-order valence-electron chi connectivity index (χ4n) is 1.33. The largest absolute Gasteiger partial charge is 0.381 e. The summed E-state index contributed by atoms with van der Waals surface area (Å²) in [5.74, 6) is -0.689. The van der Waals surface area contributed by atoms with Gasteiger partial charge in [-0.25, -0.2) is 9.37 Å². The van der Waals surface area contributed by atoms with Crippen LogP contribution in [0.1, 0.15) is 0 Å². The van der Waals surface area contributed by atoms with Crippen LogP contribution in [0.2, 0.25) is 10.0 Å². The molecule has 2 nitrogen and oxygen atoms in total. The summed E-state index contributed by atoms with van der Waals surface area (Å²) in [5, 5.41) is 0.972. The van der Waals surface area contributed by atoms with Crippen LogP contribution >= 0.6 is 23.2 Å². The lowest BCUT2D eigenvalue weighted by Crippen LogP contribution is -1.94. The number of pyridine rings is 1. The van der Waals surface area contributed by atoms with Gasteiger partial charge in [-0.15, -0.1) is 0 Å². The van der Waals surface area contributed by atoms with Crippen molar-refractivity contribution in [1.29, 1.82) is 0 Å². The molecule has 82 valence electrons. The molecule has 1 heterocycles. The predicted molar refractivity (Wildman–Crippen MR) is 64.1 cm³/mol. The smallest absolute Gasteiger partial charge is 0.165 e. The summed E-state index contributed by atoms with van der Waals surface area (Å²) < 4.78 is 13.2. The van der Waals surface area contributed by atoms with Gasteiger partial charge in [0.05, 0.1) is 0 Å². The maximum atomic E-state index is 13.2. The zero-order chi connectivity index (χ0) is 11.7. The summed E-state index contributed by atoms with van der Waals surface area (Å²) >= 11 is 11.7. The number of nitrogen functional groups attached to an aromatic ring is 1. The Hall–Kier alpha value is -1.32. The van der Waals surface area contributed by atoms with Gasteiger partial charge in [-0.05, 0) is 29.8 Å². The SMILES string of the molecule is Nc1ncc(-c2cc(Cl)cc(Cl)c2)cc1F. The monoisotopic (exact) mass is 256 g/mol. The van der Waals surface area contributed by atoms with Crippen LogP contribution in [-0.2, 0) is 0 Å².